The number of hydrogen-bond acceptors (Lipinski definition) is 3. The molecule has 1 rings (SSSR count). The van der Waals surface area contributed by atoms with Crippen molar-refractivity contribution < 1.29 is 9.90 Å². The molecule has 0 heterocycles. The fraction of sp³-hybridized carbons (Fsp3) is 0.364. The van der Waals surface area contributed by atoms with Crippen molar-refractivity contribution in [1.29, 1.82) is 0 Å². The first-order chi connectivity index (χ1) is 8.11. The van der Waals surface area contributed by atoms with Crippen molar-refractivity contribution in [1.82, 2.24) is 5.01 Å². The second-order valence-electron chi connectivity index (χ2n) is 3.60. The van der Waals surface area contributed by atoms with Crippen LogP contribution in [0.3, 0.4) is 0 Å². The molecule has 0 saturated heterocycles. The lowest BCUT2D eigenvalue weighted by atomic mass is 10.2. The first-order valence-electron chi connectivity index (χ1n) is 5.16. The molecule has 1 N–H and O–H groups in total. The minimum Gasteiger partial charge on any atom is -0.481 e. The predicted octanol–water partition coefficient (Wildman–Crippen LogP) is 2.69. The standard InChI is InChI=1S/C11H13ClN2O3/c12-10-4-1-3-9(7-10)8-14(13-17)6-2-5-11(15)16/h1,3-4,7H,2,5-6,8H2,(H,15,16). The molecule has 0 saturated carbocycles. The average Bonchev–Trinajstić information content (AvgIpc) is 2.27. The van der Waals surface area contributed by atoms with Crippen molar-refractivity contribution in [3.05, 3.63) is 39.8 Å². The number of nitrogens with zero attached hydrogens (tertiary/aromatic N) is 2. The third kappa shape index (κ3) is 5.31. The van der Waals surface area contributed by atoms with E-state index in [9.17, 15) is 9.70 Å². The molecular formula is C11H13ClN2O3. The number of halogens is 1. The normalized spacial score (nSPS) is 9.94. The van der Waals surface area contributed by atoms with Crippen molar-refractivity contribution in [2.45, 2.75) is 19.4 Å². The maximum atomic E-state index is 10.6. The molecule has 0 atom stereocenters. The lowest BCUT2D eigenvalue weighted by Crippen LogP contribution is -2.18. The van der Waals surface area contributed by atoms with Crippen molar-refractivity contribution in [3.8, 4) is 0 Å². The molecule has 92 valence electrons. The predicted molar refractivity (Wildman–Crippen MR) is 64.5 cm³/mol. The fourth-order valence-corrected chi connectivity index (χ4v) is 1.62. The van der Waals surface area contributed by atoms with Crippen LogP contribution in [-0.4, -0.2) is 22.6 Å². The number of carboxylic acids is 1. The van der Waals surface area contributed by atoms with Gasteiger partial charge in [0.15, 0.2) is 0 Å². The fourth-order valence-electron chi connectivity index (χ4n) is 1.41. The Morgan fingerprint density at radius 2 is 2.24 bits per heavy atom. The zero-order chi connectivity index (χ0) is 12.7. The smallest absolute Gasteiger partial charge is 0.303 e. The Bertz CT molecular complexity index is 398. The molecule has 0 bridgehead atoms. The molecular weight excluding hydrogens is 244 g/mol. The molecule has 0 unspecified atom stereocenters. The van der Waals surface area contributed by atoms with E-state index in [1.165, 1.54) is 5.01 Å². The summed E-state index contributed by atoms with van der Waals surface area (Å²) in [5.41, 5.74) is 0.868. The van der Waals surface area contributed by atoms with E-state index in [1.54, 1.807) is 18.2 Å². The Balaban J connectivity index is 2.46. The molecule has 17 heavy (non-hydrogen) atoms. The van der Waals surface area contributed by atoms with Crippen LogP contribution in [0.5, 0.6) is 0 Å². The van der Waals surface area contributed by atoms with E-state index in [1.807, 2.05) is 6.07 Å². The molecule has 5 nitrogen and oxygen atoms in total. The Morgan fingerprint density at radius 3 is 2.82 bits per heavy atom. The minimum absolute atomic E-state index is 0.0293. The highest BCUT2D eigenvalue weighted by atomic mass is 35.5. The summed E-state index contributed by atoms with van der Waals surface area (Å²) in [6, 6.07) is 7.12. The van der Waals surface area contributed by atoms with Crippen molar-refractivity contribution in [2.24, 2.45) is 5.29 Å². The molecule has 6 heteroatoms. The maximum Gasteiger partial charge on any atom is 0.303 e. The third-order valence-electron chi connectivity index (χ3n) is 2.18. The van der Waals surface area contributed by atoms with Gasteiger partial charge in [0.1, 0.15) is 0 Å². The zero-order valence-corrected chi connectivity index (χ0v) is 9.93. The Hall–Kier alpha value is -1.62. The van der Waals surface area contributed by atoms with Crippen molar-refractivity contribution in [3.63, 3.8) is 0 Å². The monoisotopic (exact) mass is 256 g/mol. The van der Waals surface area contributed by atoms with Crippen LogP contribution in [0.1, 0.15) is 18.4 Å². The lowest BCUT2D eigenvalue weighted by Gasteiger charge is -2.14. The van der Waals surface area contributed by atoms with Gasteiger partial charge in [-0.05, 0) is 24.1 Å². The van der Waals surface area contributed by atoms with Gasteiger partial charge in [0, 0.05) is 18.0 Å². The molecule has 1 aromatic carbocycles. The molecule has 0 fully saturated rings. The molecule has 0 radical (unpaired) electrons. The van der Waals surface area contributed by atoms with Crippen LogP contribution in [-0.2, 0) is 11.3 Å². The number of aliphatic carboxylic acids is 1. The van der Waals surface area contributed by atoms with Gasteiger partial charge in [0.05, 0.1) is 11.8 Å². The largest absolute Gasteiger partial charge is 0.481 e. The van der Waals surface area contributed by atoms with Gasteiger partial charge < -0.3 is 5.11 Å². The number of carbonyl (C=O) groups is 1. The maximum absolute atomic E-state index is 10.6. The van der Waals surface area contributed by atoms with Crippen LogP contribution >= 0.6 is 11.6 Å². The summed E-state index contributed by atoms with van der Waals surface area (Å²) in [5.74, 6) is -0.876. The highest BCUT2D eigenvalue weighted by Gasteiger charge is 2.06. The van der Waals surface area contributed by atoms with Gasteiger partial charge in [-0.2, -0.15) is 0 Å². The summed E-state index contributed by atoms with van der Waals surface area (Å²) in [7, 11) is 0. The Kier molecular flexibility index (Phi) is 5.42. The van der Waals surface area contributed by atoms with Crippen molar-refractivity contribution in [2.75, 3.05) is 6.54 Å². The number of benzene rings is 1. The summed E-state index contributed by atoms with van der Waals surface area (Å²) in [5, 5.41) is 13.2. The van der Waals surface area contributed by atoms with Crippen molar-refractivity contribution >= 4 is 17.6 Å². The second-order valence-corrected chi connectivity index (χ2v) is 4.03. The van der Waals surface area contributed by atoms with Gasteiger partial charge in [0.2, 0.25) is 0 Å². The van der Waals surface area contributed by atoms with Gasteiger partial charge in [-0.25, -0.2) is 0 Å². The highest BCUT2D eigenvalue weighted by molar-refractivity contribution is 6.30. The SMILES string of the molecule is O=NN(CCCC(=O)O)Cc1cccc(Cl)c1. The summed E-state index contributed by atoms with van der Waals surface area (Å²) < 4.78 is 0. The second kappa shape index (κ2) is 6.85. The summed E-state index contributed by atoms with van der Waals surface area (Å²) in [4.78, 5) is 20.9. The topological polar surface area (TPSA) is 70.0 Å². The van der Waals surface area contributed by atoms with Crippen LogP contribution in [0.25, 0.3) is 0 Å². The summed E-state index contributed by atoms with van der Waals surface area (Å²) >= 11 is 5.81. The molecule has 0 spiro atoms. The van der Waals surface area contributed by atoms with E-state index in [-0.39, 0.29) is 6.42 Å². The summed E-state index contributed by atoms with van der Waals surface area (Å²) in [6.45, 7) is 0.659. The van der Waals surface area contributed by atoms with Gasteiger partial charge in [-0.3, -0.25) is 9.80 Å². The highest BCUT2D eigenvalue weighted by Crippen LogP contribution is 2.13. The molecule has 0 aliphatic carbocycles. The first-order valence-corrected chi connectivity index (χ1v) is 5.54. The number of hydrogen-bond donors (Lipinski definition) is 1. The number of nitroso groups, excluding NO2 is 1. The molecule has 0 aliphatic rings. The van der Waals surface area contributed by atoms with Crippen LogP contribution in [0.2, 0.25) is 5.02 Å². The van der Waals surface area contributed by atoms with Gasteiger partial charge in [0.25, 0.3) is 0 Å². The number of rotatable bonds is 7. The summed E-state index contributed by atoms with van der Waals surface area (Å²) in [6.07, 6.45) is 0.420. The van der Waals surface area contributed by atoms with E-state index in [2.05, 4.69) is 5.29 Å². The van der Waals surface area contributed by atoms with E-state index in [0.29, 0.717) is 24.5 Å². The molecule has 0 amide bonds. The van der Waals surface area contributed by atoms with Gasteiger partial charge >= 0.3 is 5.97 Å². The Morgan fingerprint density at radius 1 is 1.47 bits per heavy atom. The number of carboxylic acid groups (broad SMARTS) is 1. The lowest BCUT2D eigenvalue weighted by molar-refractivity contribution is -0.137. The van der Waals surface area contributed by atoms with Crippen LogP contribution in [0.15, 0.2) is 29.6 Å². The van der Waals surface area contributed by atoms with E-state index in [4.69, 9.17) is 16.7 Å². The van der Waals surface area contributed by atoms with Crippen LogP contribution in [0.4, 0.5) is 0 Å². The molecule has 1 aromatic rings. The van der Waals surface area contributed by atoms with Crippen LogP contribution in [0, 0.1) is 4.91 Å². The third-order valence-corrected chi connectivity index (χ3v) is 2.41. The molecule has 0 aliphatic heterocycles. The van der Waals surface area contributed by atoms with Gasteiger partial charge in [-0.1, -0.05) is 23.7 Å². The minimum atomic E-state index is -0.876. The zero-order valence-electron chi connectivity index (χ0n) is 9.17. The van der Waals surface area contributed by atoms with Crippen LogP contribution < -0.4 is 0 Å². The molecule has 0 aromatic heterocycles. The first kappa shape index (κ1) is 13.4. The van der Waals surface area contributed by atoms with E-state index < -0.39 is 5.97 Å². The van der Waals surface area contributed by atoms with E-state index >= 15 is 0 Å². The average molecular weight is 257 g/mol. The van der Waals surface area contributed by atoms with Gasteiger partial charge in [-0.15, -0.1) is 4.91 Å². The quantitative estimate of drug-likeness (QED) is 0.601. The van der Waals surface area contributed by atoms with E-state index in [0.717, 1.165) is 5.56 Å². The Labute approximate surface area is 104 Å².